The third kappa shape index (κ3) is 1.79. The number of benzene rings is 1. The summed E-state index contributed by atoms with van der Waals surface area (Å²) in [5.74, 6) is 0.333. The highest BCUT2D eigenvalue weighted by Gasteiger charge is 2.35. The van der Waals surface area contributed by atoms with Crippen LogP contribution in [-0.4, -0.2) is 24.4 Å². The van der Waals surface area contributed by atoms with E-state index in [4.69, 9.17) is 4.74 Å². The predicted molar refractivity (Wildman–Crippen MR) is 60.3 cm³/mol. The minimum absolute atomic E-state index is 0.00484. The molecule has 0 spiro atoms. The van der Waals surface area contributed by atoms with E-state index in [1.54, 1.807) is 13.2 Å². The fraction of sp³-hybridized carbons (Fsp3) is 0.500. The summed E-state index contributed by atoms with van der Waals surface area (Å²) in [4.78, 5) is 0. The summed E-state index contributed by atoms with van der Waals surface area (Å²) in [5.41, 5.74) is 2.30. The Morgan fingerprint density at radius 1 is 1.53 bits per heavy atom. The second-order valence-corrected chi connectivity index (χ2v) is 4.21. The van der Waals surface area contributed by atoms with Crippen molar-refractivity contribution in [2.75, 3.05) is 19.0 Å². The van der Waals surface area contributed by atoms with Crippen LogP contribution in [0.5, 0.6) is 5.75 Å². The van der Waals surface area contributed by atoms with Crippen LogP contribution in [-0.2, 0) is 11.2 Å². The van der Waals surface area contributed by atoms with Gasteiger partial charge in [-0.3, -0.25) is 0 Å². The number of phenolic OH excluding ortho intramolecular Hbond substituents is 1. The van der Waals surface area contributed by atoms with E-state index in [1.165, 1.54) is 5.56 Å². The Labute approximate surface area is 90.1 Å². The van der Waals surface area contributed by atoms with Crippen LogP contribution in [0.2, 0.25) is 0 Å². The number of hydrogen-bond acceptors (Lipinski definition) is 3. The maximum Gasteiger partial charge on any atom is 0.116 e. The van der Waals surface area contributed by atoms with Crippen LogP contribution in [0.3, 0.4) is 0 Å². The number of aromatic hydroxyl groups is 1. The minimum Gasteiger partial charge on any atom is -0.508 e. The van der Waals surface area contributed by atoms with Crippen LogP contribution < -0.4 is 5.32 Å². The molecule has 0 saturated carbocycles. The number of phenols is 1. The maximum atomic E-state index is 9.41. The molecule has 3 nitrogen and oxygen atoms in total. The van der Waals surface area contributed by atoms with E-state index in [0.29, 0.717) is 12.4 Å². The van der Waals surface area contributed by atoms with Crippen LogP contribution in [0.1, 0.15) is 18.9 Å². The monoisotopic (exact) mass is 207 g/mol. The van der Waals surface area contributed by atoms with E-state index in [-0.39, 0.29) is 5.54 Å². The predicted octanol–water partition coefficient (Wildman–Crippen LogP) is 2.16. The summed E-state index contributed by atoms with van der Waals surface area (Å²) < 4.78 is 5.26. The second kappa shape index (κ2) is 3.74. The molecule has 1 unspecified atom stereocenters. The maximum absolute atomic E-state index is 9.41. The van der Waals surface area contributed by atoms with Crippen molar-refractivity contribution in [3.8, 4) is 5.75 Å². The van der Waals surface area contributed by atoms with Crippen LogP contribution in [0.15, 0.2) is 18.2 Å². The Kier molecular flexibility index (Phi) is 2.57. The largest absolute Gasteiger partial charge is 0.508 e. The third-order valence-electron chi connectivity index (χ3n) is 3.11. The van der Waals surface area contributed by atoms with Gasteiger partial charge in [-0.05, 0) is 36.6 Å². The zero-order valence-corrected chi connectivity index (χ0v) is 9.21. The molecule has 0 aromatic heterocycles. The van der Waals surface area contributed by atoms with Gasteiger partial charge in [-0.1, -0.05) is 6.92 Å². The summed E-state index contributed by atoms with van der Waals surface area (Å²) in [5, 5.41) is 12.9. The molecule has 15 heavy (non-hydrogen) atoms. The first kappa shape index (κ1) is 10.3. The van der Waals surface area contributed by atoms with Crippen molar-refractivity contribution in [3.05, 3.63) is 23.8 Å². The first-order chi connectivity index (χ1) is 7.19. The van der Waals surface area contributed by atoms with Gasteiger partial charge in [0.25, 0.3) is 0 Å². The van der Waals surface area contributed by atoms with Gasteiger partial charge in [0.2, 0.25) is 0 Å². The molecule has 1 aliphatic rings. The van der Waals surface area contributed by atoms with Gasteiger partial charge in [0.1, 0.15) is 5.75 Å². The average molecular weight is 207 g/mol. The van der Waals surface area contributed by atoms with Gasteiger partial charge in [-0.25, -0.2) is 0 Å². The van der Waals surface area contributed by atoms with Gasteiger partial charge < -0.3 is 15.2 Å². The van der Waals surface area contributed by atoms with Crippen LogP contribution >= 0.6 is 0 Å². The Hall–Kier alpha value is -1.22. The highest BCUT2D eigenvalue weighted by atomic mass is 16.5. The van der Waals surface area contributed by atoms with E-state index in [9.17, 15) is 5.11 Å². The number of nitrogens with one attached hydrogen (secondary N) is 1. The molecule has 0 bridgehead atoms. The molecule has 0 fully saturated rings. The molecule has 0 saturated heterocycles. The molecule has 1 aromatic rings. The van der Waals surface area contributed by atoms with E-state index in [0.717, 1.165) is 18.5 Å². The van der Waals surface area contributed by atoms with Gasteiger partial charge in [0, 0.05) is 12.8 Å². The number of fused-ring (bicyclic) bond motifs is 1. The highest BCUT2D eigenvalue weighted by molar-refractivity contribution is 5.61. The second-order valence-electron chi connectivity index (χ2n) is 4.21. The lowest BCUT2D eigenvalue weighted by atomic mass is 9.93. The molecule has 0 amide bonds. The van der Waals surface area contributed by atoms with Crippen molar-refractivity contribution >= 4 is 5.69 Å². The zero-order valence-electron chi connectivity index (χ0n) is 9.21. The summed E-state index contributed by atoms with van der Waals surface area (Å²) in [6.07, 6.45) is 1.93. The van der Waals surface area contributed by atoms with Crippen LogP contribution in [0.25, 0.3) is 0 Å². The summed E-state index contributed by atoms with van der Waals surface area (Å²) in [6.45, 7) is 2.84. The molecule has 1 aromatic carbocycles. The molecule has 1 atom stereocenters. The smallest absolute Gasteiger partial charge is 0.116 e. The normalized spacial score (nSPS) is 23.6. The molecule has 3 heteroatoms. The van der Waals surface area contributed by atoms with Crippen molar-refractivity contribution in [1.29, 1.82) is 0 Å². The van der Waals surface area contributed by atoms with E-state index in [1.807, 2.05) is 12.1 Å². The lowest BCUT2D eigenvalue weighted by Gasteiger charge is -2.27. The third-order valence-corrected chi connectivity index (χ3v) is 3.11. The van der Waals surface area contributed by atoms with Crippen molar-refractivity contribution < 1.29 is 9.84 Å². The van der Waals surface area contributed by atoms with E-state index < -0.39 is 0 Å². The standard InChI is InChI=1S/C12H17NO2/c1-3-12(8-15-2)7-9-6-10(14)4-5-11(9)13-12/h4-6,13-14H,3,7-8H2,1-2H3. The Morgan fingerprint density at radius 2 is 2.33 bits per heavy atom. The number of hydrogen-bond donors (Lipinski definition) is 2. The van der Waals surface area contributed by atoms with Gasteiger partial charge in [-0.2, -0.15) is 0 Å². The lowest BCUT2D eigenvalue weighted by Crippen LogP contribution is -2.40. The first-order valence-electron chi connectivity index (χ1n) is 5.28. The summed E-state index contributed by atoms with van der Waals surface area (Å²) >= 11 is 0. The van der Waals surface area contributed by atoms with Gasteiger partial charge in [0.15, 0.2) is 0 Å². The lowest BCUT2D eigenvalue weighted by molar-refractivity contribution is 0.143. The molecule has 2 rings (SSSR count). The summed E-state index contributed by atoms with van der Waals surface area (Å²) in [6, 6.07) is 5.47. The SMILES string of the molecule is CCC1(COC)Cc2cc(O)ccc2N1. The van der Waals surface area contributed by atoms with E-state index in [2.05, 4.69) is 12.2 Å². The number of methoxy groups -OCH3 is 1. The Balaban J connectivity index is 2.26. The van der Waals surface area contributed by atoms with Crippen LogP contribution in [0, 0.1) is 0 Å². The molecule has 0 radical (unpaired) electrons. The van der Waals surface area contributed by atoms with Crippen molar-refractivity contribution in [2.24, 2.45) is 0 Å². The molecular formula is C12H17NO2. The number of anilines is 1. The number of rotatable bonds is 3. The van der Waals surface area contributed by atoms with Gasteiger partial charge in [0.05, 0.1) is 12.1 Å². The molecular weight excluding hydrogens is 190 g/mol. The van der Waals surface area contributed by atoms with Gasteiger partial charge in [-0.15, -0.1) is 0 Å². The zero-order chi connectivity index (χ0) is 10.9. The van der Waals surface area contributed by atoms with Crippen LogP contribution in [0.4, 0.5) is 5.69 Å². The minimum atomic E-state index is 0.00484. The molecule has 2 N–H and O–H groups in total. The van der Waals surface area contributed by atoms with Crippen molar-refractivity contribution in [1.82, 2.24) is 0 Å². The molecule has 0 aliphatic carbocycles. The van der Waals surface area contributed by atoms with Crippen molar-refractivity contribution in [2.45, 2.75) is 25.3 Å². The van der Waals surface area contributed by atoms with Gasteiger partial charge >= 0.3 is 0 Å². The summed E-state index contributed by atoms with van der Waals surface area (Å²) in [7, 11) is 1.72. The first-order valence-corrected chi connectivity index (χ1v) is 5.28. The fourth-order valence-electron chi connectivity index (χ4n) is 2.22. The van der Waals surface area contributed by atoms with Crippen molar-refractivity contribution in [3.63, 3.8) is 0 Å². The quantitative estimate of drug-likeness (QED) is 0.746. The Morgan fingerprint density at radius 3 is 3.00 bits per heavy atom. The Bertz CT molecular complexity index is 365. The number of ether oxygens (including phenoxy) is 1. The molecule has 1 heterocycles. The topological polar surface area (TPSA) is 41.5 Å². The fourth-order valence-corrected chi connectivity index (χ4v) is 2.22. The van der Waals surface area contributed by atoms with E-state index >= 15 is 0 Å². The highest BCUT2D eigenvalue weighted by Crippen LogP contribution is 2.36. The molecule has 1 aliphatic heterocycles. The average Bonchev–Trinajstić information content (AvgIpc) is 2.56. The molecule has 82 valence electrons.